The molecule has 1 aliphatic rings. The number of nitrogens with zero attached hydrogens (tertiary/aromatic N) is 1. The van der Waals surface area contributed by atoms with E-state index in [1.807, 2.05) is 6.07 Å². The van der Waals surface area contributed by atoms with Crippen molar-refractivity contribution in [3.63, 3.8) is 0 Å². The number of nitriles is 1. The van der Waals surface area contributed by atoms with E-state index in [1.165, 1.54) is 0 Å². The summed E-state index contributed by atoms with van der Waals surface area (Å²) in [4.78, 5) is 0. The van der Waals surface area contributed by atoms with Crippen LogP contribution in [0.15, 0.2) is 12.2 Å². The molecule has 2 atom stereocenters. The van der Waals surface area contributed by atoms with Gasteiger partial charge >= 0.3 is 0 Å². The smallest absolute Gasteiger partial charge is 0.166 e. The van der Waals surface area contributed by atoms with Crippen molar-refractivity contribution in [1.82, 2.24) is 0 Å². The molecule has 3 nitrogen and oxygen atoms in total. The van der Waals surface area contributed by atoms with Gasteiger partial charge in [-0.05, 0) is 31.6 Å². The normalized spacial score (nSPS) is 25.3. The lowest BCUT2D eigenvalue weighted by molar-refractivity contribution is -0.211. The van der Waals surface area contributed by atoms with Gasteiger partial charge in [0.05, 0.1) is 6.07 Å². The molecular formula is C14H23NO2. The first kappa shape index (κ1) is 14.2. The predicted molar refractivity (Wildman–Crippen MR) is 66.9 cm³/mol. The van der Waals surface area contributed by atoms with E-state index in [0.29, 0.717) is 5.92 Å². The molecule has 1 aliphatic carbocycles. The van der Waals surface area contributed by atoms with Crippen molar-refractivity contribution in [2.75, 3.05) is 0 Å². The van der Waals surface area contributed by atoms with E-state index in [4.69, 9.17) is 5.26 Å². The average Bonchev–Trinajstić information content (AvgIpc) is 2.76. The average molecular weight is 237 g/mol. The summed E-state index contributed by atoms with van der Waals surface area (Å²) in [5, 5.41) is 28.6. The van der Waals surface area contributed by atoms with Gasteiger partial charge in [0.15, 0.2) is 5.79 Å². The lowest BCUT2D eigenvalue weighted by atomic mass is 9.83. The second-order valence-electron chi connectivity index (χ2n) is 4.95. The molecule has 0 radical (unpaired) electrons. The highest BCUT2D eigenvalue weighted by Gasteiger charge is 2.41. The number of hydrogen-bond donors (Lipinski definition) is 2. The van der Waals surface area contributed by atoms with E-state index in [2.05, 4.69) is 19.1 Å². The highest BCUT2D eigenvalue weighted by Crippen LogP contribution is 2.41. The summed E-state index contributed by atoms with van der Waals surface area (Å²) in [7, 11) is 0. The van der Waals surface area contributed by atoms with Crippen LogP contribution in [0, 0.1) is 23.2 Å². The van der Waals surface area contributed by atoms with Crippen LogP contribution in [-0.2, 0) is 0 Å². The fourth-order valence-electron chi connectivity index (χ4n) is 2.79. The van der Waals surface area contributed by atoms with Gasteiger partial charge in [0.2, 0.25) is 0 Å². The summed E-state index contributed by atoms with van der Waals surface area (Å²) in [5.74, 6) is -1.37. The number of rotatable bonds is 6. The Kier molecular flexibility index (Phi) is 5.67. The quantitative estimate of drug-likeness (QED) is 0.551. The number of allylic oxidation sites excluding steroid dienone is 2. The van der Waals surface area contributed by atoms with Gasteiger partial charge in [0.25, 0.3) is 0 Å². The fraction of sp³-hybridized carbons (Fsp3) is 0.786. The lowest BCUT2D eigenvalue weighted by Crippen LogP contribution is -2.39. The topological polar surface area (TPSA) is 64.2 Å². The predicted octanol–water partition coefficient (Wildman–Crippen LogP) is 2.74. The van der Waals surface area contributed by atoms with Gasteiger partial charge in [0.1, 0.15) is 0 Å². The van der Waals surface area contributed by atoms with Crippen molar-refractivity contribution in [3.8, 4) is 6.07 Å². The standard InChI is InChI=1S/C14H23NO2/c1-2-3-4-7-12-8-5-9-13(12)14(16,17)10-6-11-15/h3-4,12-13,16-17H,2,5-10H2,1H3/b4-3-. The van der Waals surface area contributed by atoms with Crippen LogP contribution in [0.25, 0.3) is 0 Å². The zero-order chi connectivity index (χ0) is 12.7. The van der Waals surface area contributed by atoms with Crippen LogP contribution in [0.4, 0.5) is 0 Å². The highest BCUT2D eigenvalue weighted by atomic mass is 16.5. The summed E-state index contributed by atoms with van der Waals surface area (Å²) < 4.78 is 0. The van der Waals surface area contributed by atoms with Crippen LogP contribution in [0.5, 0.6) is 0 Å². The van der Waals surface area contributed by atoms with Gasteiger partial charge in [-0.2, -0.15) is 5.26 Å². The SMILES string of the molecule is CC/C=C\CC1CCCC1C(O)(O)CCC#N. The van der Waals surface area contributed by atoms with Crippen LogP contribution in [0.1, 0.15) is 51.9 Å². The third kappa shape index (κ3) is 4.14. The first-order chi connectivity index (χ1) is 8.11. The number of hydrogen-bond acceptors (Lipinski definition) is 3. The van der Waals surface area contributed by atoms with Crippen LogP contribution >= 0.6 is 0 Å². The van der Waals surface area contributed by atoms with E-state index in [9.17, 15) is 10.2 Å². The van der Waals surface area contributed by atoms with Crippen molar-refractivity contribution in [1.29, 1.82) is 5.26 Å². The first-order valence-electron chi connectivity index (χ1n) is 6.58. The molecule has 1 fully saturated rings. The van der Waals surface area contributed by atoms with Crippen molar-refractivity contribution in [2.24, 2.45) is 11.8 Å². The zero-order valence-electron chi connectivity index (χ0n) is 10.6. The molecule has 0 aromatic carbocycles. The minimum atomic E-state index is -1.66. The minimum absolute atomic E-state index is 0.0719. The summed E-state index contributed by atoms with van der Waals surface area (Å²) in [6.45, 7) is 2.10. The maximum absolute atomic E-state index is 10.1. The molecule has 17 heavy (non-hydrogen) atoms. The molecule has 96 valence electrons. The van der Waals surface area contributed by atoms with Gasteiger partial charge < -0.3 is 10.2 Å². The zero-order valence-corrected chi connectivity index (χ0v) is 10.6. The molecule has 0 saturated heterocycles. The first-order valence-corrected chi connectivity index (χ1v) is 6.58. The Morgan fingerprint density at radius 3 is 2.76 bits per heavy atom. The molecule has 1 rings (SSSR count). The van der Waals surface area contributed by atoms with Gasteiger partial charge in [-0.15, -0.1) is 0 Å². The summed E-state index contributed by atoms with van der Waals surface area (Å²) in [6.07, 6.45) is 9.58. The summed E-state index contributed by atoms with van der Waals surface area (Å²) in [5.41, 5.74) is 0. The van der Waals surface area contributed by atoms with Gasteiger partial charge in [-0.1, -0.05) is 25.5 Å². The van der Waals surface area contributed by atoms with Crippen molar-refractivity contribution in [2.45, 2.75) is 57.7 Å². The third-order valence-electron chi connectivity index (χ3n) is 3.70. The molecule has 0 heterocycles. The van der Waals surface area contributed by atoms with E-state index in [1.54, 1.807) is 0 Å². The van der Waals surface area contributed by atoms with Gasteiger partial charge in [0, 0.05) is 18.8 Å². The van der Waals surface area contributed by atoms with Crippen LogP contribution in [-0.4, -0.2) is 16.0 Å². The third-order valence-corrected chi connectivity index (χ3v) is 3.70. The molecule has 3 heteroatoms. The van der Waals surface area contributed by atoms with Crippen molar-refractivity contribution >= 4 is 0 Å². The van der Waals surface area contributed by atoms with E-state index in [-0.39, 0.29) is 18.8 Å². The molecule has 0 aromatic heterocycles. The molecule has 2 N–H and O–H groups in total. The molecule has 0 aromatic rings. The second-order valence-corrected chi connectivity index (χ2v) is 4.95. The molecule has 0 amide bonds. The molecule has 0 aliphatic heterocycles. The second kappa shape index (κ2) is 6.78. The van der Waals surface area contributed by atoms with Gasteiger partial charge in [-0.25, -0.2) is 0 Å². The lowest BCUT2D eigenvalue weighted by Gasteiger charge is -2.32. The largest absolute Gasteiger partial charge is 0.365 e. The van der Waals surface area contributed by atoms with Gasteiger partial charge in [-0.3, -0.25) is 0 Å². The maximum Gasteiger partial charge on any atom is 0.166 e. The summed E-state index contributed by atoms with van der Waals surface area (Å²) >= 11 is 0. The fourth-order valence-corrected chi connectivity index (χ4v) is 2.79. The molecule has 1 saturated carbocycles. The van der Waals surface area contributed by atoms with E-state index < -0.39 is 5.79 Å². The summed E-state index contributed by atoms with van der Waals surface area (Å²) in [6, 6.07) is 1.98. The Balaban J connectivity index is 2.55. The Morgan fingerprint density at radius 2 is 2.12 bits per heavy atom. The Bertz CT molecular complexity index is 291. The Morgan fingerprint density at radius 1 is 1.35 bits per heavy atom. The van der Waals surface area contributed by atoms with Crippen molar-refractivity contribution < 1.29 is 10.2 Å². The Hall–Kier alpha value is -0.850. The molecule has 2 unspecified atom stereocenters. The van der Waals surface area contributed by atoms with E-state index >= 15 is 0 Å². The van der Waals surface area contributed by atoms with Crippen LogP contribution < -0.4 is 0 Å². The number of aliphatic hydroxyl groups is 2. The molecular weight excluding hydrogens is 214 g/mol. The Labute approximate surface area is 104 Å². The van der Waals surface area contributed by atoms with E-state index in [0.717, 1.165) is 32.1 Å². The monoisotopic (exact) mass is 237 g/mol. The minimum Gasteiger partial charge on any atom is -0.365 e. The van der Waals surface area contributed by atoms with Crippen LogP contribution in [0.3, 0.4) is 0 Å². The van der Waals surface area contributed by atoms with Crippen LogP contribution in [0.2, 0.25) is 0 Å². The molecule has 0 bridgehead atoms. The highest BCUT2D eigenvalue weighted by molar-refractivity contribution is 4.93. The maximum atomic E-state index is 10.1. The molecule has 0 spiro atoms. The van der Waals surface area contributed by atoms with Crippen molar-refractivity contribution in [3.05, 3.63) is 12.2 Å².